The average Bonchev–Trinajstić information content (AvgIpc) is 2.86. The van der Waals surface area contributed by atoms with Crippen molar-refractivity contribution in [1.29, 1.82) is 0 Å². The molecule has 0 saturated heterocycles. The van der Waals surface area contributed by atoms with Crippen LogP contribution in [0.2, 0.25) is 0 Å². The third kappa shape index (κ3) is 2.27. The van der Waals surface area contributed by atoms with Crippen LogP contribution < -0.4 is 4.74 Å². The van der Waals surface area contributed by atoms with Crippen molar-refractivity contribution in [3.8, 4) is 5.75 Å². The summed E-state index contributed by atoms with van der Waals surface area (Å²) >= 11 is 0. The first kappa shape index (κ1) is 14.1. The van der Waals surface area contributed by atoms with Crippen molar-refractivity contribution < 1.29 is 14.3 Å². The van der Waals surface area contributed by atoms with Crippen LogP contribution in [0.25, 0.3) is 10.9 Å². The quantitative estimate of drug-likeness (QED) is 0.686. The number of aromatic nitrogens is 1. The maximum Gasteiger partial charge on any atom is 0.294 e. The highest BCUT2D eigenvalue weighted by atomic mass is 16.5. The van der Waals surface area contributed by atoms with E-state index in [-0.39, 0.29) is 0 Å². The largest absolute Gasteiger partial charge is 0.496 e. The molecule has 1 amide bonds. The van der Waals surface area contributed by atoms with Crippen molar-refractivity contribution in [3.05, 3.63) is 29.5 Å². The number of methoxy groups -OCH3 is 1. The van der Waals surface area contributed by atoms with Gasteiger partial charge in [-0.15, -0.1) is 0 Å². The van der Waals surface area contributed by atoms with Crippen LogP contribution in [0.1, 0.15) is 22.8 Å². The standard InChI is InChI=1S/C15H18N2O3/c1-5-17(3)15(19)14(18)11-8-16-12-6-9(2)13(20-4)7-10(11)12/h6-8,16H,5H2,1-4H3. The molecule has 0 saturated carbocycles. The summed E-state index contributed by atoms with van der Waals surface area (Å²) in [4.78, 5) is 28.6. The van der Waals surface area contributed by atoms with Gasteiger partial charge in [0.05, 0.1) is 12.7 Å². The molecule has 1 aromatic carbocycles. The first-order chi connectivity index (χ1) is 9.49. The van der Waals surface area contributed by atoms with E-state index in [1.807, 2.05) is 19.9 Å². The SMILES string of the molecule is CCN(C)C(=O)C(=O)c1c[nH]c2cc(C)c(OC)cc12. The molecular weight excluding hydrogens is 256 g/mol. The number of ether oxygens (including phenoxy) is 1. The molecule has 0 aliphatic rings. The molecular formula is C15H18N2O3. The molecule has 5 nitrogen and oxygen atoms in total. The fourth-order valence-corrected chi connectivity index (χ4v) is 2.10. The van der Waals surface area contributed by atoms with Crippen molar-refractivity contribution in [2.75, 3.05) is 20.7 Å². The number of hydrogen-bond donors (Lipinski definition) is 1. The molecule has 0 radical (unpaired) electrons. The zero-order chi connectivity index (χ0) is 14.9. The summed E-state index contributed by atoms with van der Waals surface area (Å²) < 4.78 is 5.27. The highest BCUT2D eigenvalue weighted by Gasteiger charge is 2.23. The molecule has 2 rings (SSSR count). The zero-order valence-corrected chi connectivity index (χ0v) is 12.1. The number of carbonyl (C=O) groups is 2. The number of hydrogen-bond acceptors (Lipinski definition) is 3. The molecule has 0 spiro atoms. The molecule has 1 aromatic heterocycles. The number of aromatic amines is 1. The summed E-state index contributed by atoms with van der Waals surface area (Å²) in [6.07, 6.45) is 1.58. The Morgan fingerprint density at radius 1 is 1.35 bits per heavy atom. The van der Waals surface area contributed by atoms with Gasteiger partial charge in [-0.25, -0.2) is 0 Å². The minimum atomic E-state index is -0.508. The highest BCUT2D eigenvalue weighted by molar-refractivity contribution is 6.44. The second kappa shape index (κ2) is 5.36. The van der Waals surface area contributed by atoms with Crippen LogP contribution >= 0.6 is 0 Å². The number of Topliss-reactive ketones (excluding diaryl/α,β-unsaturated/α-hetero) is 1. The first-order valence-electron chi connectivity index (χ1n) is 6.45. The van der Waals surface area contributed by atoms with E-state index in [0.717, 1.165) is 11.1 Å². The van der Waals surface area contributed by atoms with Crippen LogP contribution in [0.3, 0.4) is 0 Å². The molecule has 106 valence electrons. The van der Waals surface area contributed by atoms with Crippen LogP contribution in [0.4, 0.5) is 0 Å². The minimum Gasteiger partial charge on any atom is -0.496 e. The lowest BCUT2D eigenvalue weighted by molar-refractivity contribution is -0.125. The normalized spacial score (nSPS) is 10.6. The van der Waals surface area contributed by atoms with E-state index in [1.54, 1.807) is 26.4 Å². The lowest BCUT2D eigenvalue weighted by Gasteiger charge is -2.12. The number of aryl methyl sites for hydroxylation is 1. The second-order valence-electron chi connectivity index (χ2n) is 4.72. The zero-order valence-electron chi connectivity index (χ0n) is 12.1. The van der Waals surface area contributed by atoms with E-state index >= 15 is 0 Å². The van der Waals surface area contributed by atoms with Crippen LogP contribution in [0.15, 0.2) is 18.3 Å². The van der Waals surface area contributed by atoms with Gasteiger partial charge in [-0.1, -0.05) is 0 Å². The summed E-state index contributed by atoms with van der Waals surface area (Å²) in [5, 5.41) is 0.704. The molecule has 1 heterocycles. The maximum atomic E-state index is 12.3. The number of fused-ring (bicyclic) bond motifs is 1. The van der Waals surface area contributed by atoms with Crippen molar-refractivity contribution >= 4 is 22.6 Å². The summed E-state index contributed by atoms with van der Waals surface area (Å²) in [5.74, 6) is -0.318. The van der Waals surface area contributed by atoms with Gasteiger partial charge in [0.15, 0.2) is 0 Å². The van der Waals surface area contributed by atoms with Gasteiger partial charge in [-0.3, -0.25) is 9.59 Å². The lowest BCUT2D eigenvalue weighted by atomic mass is 10.1. The monoisotopic (exact) mass is 274 g/mol. The molecule has 1 N–H and O–H groups in total. The van der Waals surface area contributed by atoms with E-state index in [0.29, 0.717) is 23.2 Å². The first-order valence-corrected chi connectivity index (χ1v) is 6.45. The Balaban J connectivity index is 2.50. The van der Waals surface area contributed by atoms with E-state index in [2.05, 4.69) is 4.98 Å². The van der Waals surface area contributed by atoms with E-state index in [1.165, 1.54) is 4.90 Å². The Bertz CT molecular complexity index is 673. The molecule has 0 fully saturated rings. The van der Waals surface area contributed by atoms with Gasteiger partial charge in [0.2, 0.25) is 0 Å². The van der Waals surface area contributed by atoms with Gasteiger partial charge < -0.3 is 14.6 Å². The maximum absolute atomic E-state index is 12.3. The highest BCUT2D eigenvalue weighted by Crippen LogP contribution is 2.27. The third-order valence-electron chi connectivity index (χ3n) is 3.46. The third-order valence-corrected chi connectivity index (χ3v) is 3.46. The van der Waals surface area contributed by atoms with Crippen molar-refractivity contribution in [2.24, 2.45) is 0 Å². The van der Waals surface area contributed by atoms with Crippen LogP contribution in [-0.2, 0) is 4.79 Å². The Morgan fingerprint density at radius 3 is 2.65 bits per heavy atom. The number of amides is 1. The predicted molar refractivity (Wildman–Crippen MR) is 77.2 cm³/mol. The fraction of sp³-hybridized carbons (Fsp3) is 0.333. The summed E-state index contributed by atoms with van der Waals surface area (Å²) in [6, 6.07) is 3.69. The van der Waals surface area contributed by atoms with Gasteiger partial charge in [0.25, 0.3) is 11.7 Å². The molecule has 5 heteroatoms. The van der Waals surface area contributed by atoms with Crippen molar-refractivity contribution in [1.82, 2.24) is 9.88 Å². The predicted octanol–water partition coefficient (Wildman–Crippen LogP) is 2.15. The molecule has 0 atom stereocenters. The summed E-state index contributed by atoms with van der Waals surface area (Å²) in [6.45, 7) is 4.25. The average molecular weight is 274 g/mol. The molecule has 2 aromatic rings. The number of carbonyl (C=O) groups excluding carboxylic acids is 2. The number of H-pyrrole nitrogens is 1. The topological polar surface area (TPSA) is 62.4 Å². The van der Waals surface area contributed by atoms with E-state index in [4.69, 9.17) is 4.74 Å². The van der Waals surface area contributed by atoms with Crippen molar-refractivity contribution in [2.45, 2.75) is 13.8 Å². The Kier molecular flexibility index (Phi) is 3.79. The summed E-state index contributed by atoms with van der Waals surface area (Å²) in [7, 11) is 3.19. The van der Waals surface area contributed by atoms with Gasteiger partial charge in [-0.2, -0.15) is 0 Å². The number of likely N-dealkylation sites (N-methyl/N-ethyl adjacent to an activating group) is 1. The second-order valence-corrected chi connectivity index (χ2v) is 4.72. The molecule has 0 aliphatic heterocycles. The van der Waals surface area contributed by atoms with Crippen molar-refractivity contribution in [3.63, 3.8) is 0 Å². The van der Waals surface area contributed by atoms with E-state index in [9.17, 15) is 9.59 Å². The van der Waals surface area contributed by atoms with Gasteiger partial charge >= 0.3 is 0 Å². The molecule has 0 unspecified atom stereocenters. The van der Waals surface area contributed by atoms with E-state index < -0.39 is 11.7 Å². The van der Waals surface area contributed by atoms with Crippen LogP contribution in [0.5, 0.6) is 5.75 Å². The molecule has 0 aliphatic carbocycles. The van der Waals surface area contributed by atoms with Gasteiger partial charge in [0.1, 0.15) is 5.75 Å². The Morgan fingerprint density at radius 2 is 2.05 bits per heavy atom. The number of ketones is 1. The van der Waals surface area contributed by atoms with Gasteiger partial charge in [0, 0.05) is 30.7 Å². The van der Waals surface area contributed by atoms with Crippen LogP contribution in [-0.4, -0.2) is 42.3 Å². The number of rotatable bonds is 4. The van der Waals surface area contributed by atoms with Gasteiger partial charge in [-0.05, 0) is 31.5 Å². The number of nitrogens with one attached hydrogen (secondary N) is 1. The fourth-order valence-electron chi connectivity index (χ4n) is 2.10. The number of benzene rings is 1. The smallest absolute Gasteiger partial charge is 0.294 e. The number of nitrogens with zero attached hydrogens (tertiary/aromatic N) is 1. The summed E-state index contributed by atoms with van der Waals surface area (Å²) in [5.41, 5.74) is 2.17. The Hall–Kier alpha value is -2.30. The Labute approximate surface area is 117 Å². The molecule has 20 heavy (non-hydrogen) atoms. The van der Waals surface area contributed by atoms with Crippen LogP contribution in [0, 0.1) is 6.92 Å². The minimum absolute atomic E-state index is 0.378. The lowest BCUT2D eigenvalue weighted by Crippen LogP contribution is -2.32. The molecule has 0 bridgehead atoms.